The standard InChI is InChI=1S/C17H23N3/c1-4-10-18-17-13-6-5-7-15(13)19-16-9-8-12(20(2)3)11-14(16)17/h8-9,11H,4-7,10H2,1-3H3,(H,18,19). The molecule has 1 aliphatic rings. The van der Waals surface area contributed by atoms with Crippen molar-refractivity contribution in [3.05, 3.63) is 29.5 Å². The van der Waals surface area contributed by atoms with E-state index in [9.17, 15) is 0 Å². The second-order valence-corrected chi connectivity index (χ2v) is 5.79. The first-order valence-electron chi connectivity index (χ1n) is 7.57. The van der Waals surface area contributed by atoms with E-state index in [4.69, 9.17) is 4.98 Å². The number of nitrogens with one attached hydrogen (secondary N) is 1. The van der Waals surface area contributed by atoms with Crippen molar-refractivity contribution in [2.45, 2.75) is 32.6 Å². The van der Waals surface area contributed by atoms with Crippen molar-refractivity contribution in [1.82, 2.24) is 4.98 Å². The Morgan fingerprint density at radius 1 is 1.25 bits per heavy atom. The summed E-state index contributed by atoms with van der Waals surface area (Å²) >= 11 is 0. The first-order chi connectivity index (χ1) is 9.70. The van der Waals surface area contributed by atoms with Crippen molar-refractivity contribution in [1.29, 1.82) is 0 Å². The highest BCUT2D eigenvalue weighted by Crippen LogP contribution is 2.35. The van der Waals surface area contributed by atoms with Crippen LogP contribution >= 0.6 is 0 Å². The third-order valence-corrected chi connectivity index (χ3v) is 4.06. The van der Waals surface area contributed by atoms with Gasteiger partial charge in [-0.25, -0.2) is 0 Å². The van der Waals surface area contributed by atoms with Gasteiger partial charge >= 0.3 is 0 Å². The van der Waals surface area contributed by atoms with Crippen LogP contribution in [0.25, 0.3) is 10.9 Å². The highest BCUT2D eigenvalue weighted by molar-refractivity contribution is 5.96. The lowest BCUT2D eigenvalue weighted by Crippen LogP contribution is -2.09. The summed E-state index contributed by atoms with van der Waals surface area (Å²) in [5.41, 5.74) is 6.43. The molecule has 3 heteroatoms. The van der Waals surface area contributed by atoms with Crippen molar-refractivity contribution in [3.63, 3.8) is 0 Å². The molecule has 0 atom stereocenters. The van der Waals surface area contributed by atoms with Crippen LogP contribution in [0.3, 0.4) is 0 Å². The van der Waals surface area contributed by atoms with Crippen LogP contribution in [0, 0.1) is 0 Å². The second kappa shape index (κ2) is 5.31. The molecule has 0 bridgehead atoms. The quantitative estimate of drug-likeness (QED) is 0.919. The number of fused-ring (bicyclic) bond motifs is 2. The number of benzene rings is 1. The molecule has 1 heterocycles. The van der Waals surface area contributed by atoms with Gasteiger partial charge in [0.25, 0.3) is 0 Å². The largest absolute Gasteiger partial charge is 0.384 e. The van der Waals surface area contributed by atoms with E-state index in [0.717, 1.165) is 31.3 Å². The van der Waals surface area contributed by atoms with Crippen LogP contribution in [0.15, 0.2) is 18.2 Å². The highest BCUT2D eigenvalue weighted by atomic mass is 15.1. The third-order valence-electron chi connectivity index (χ3n) is 4.06. The van der Waals surface area contributed by atoms with Crippen LogP contribution in [0.5, 0.6) is 0 Å². The van der Waals surface area contributed by atoms with Gasteiger partial charge in [-0.2, -0.15) is 0 Å². The molecule has 0 spiro atoms. The van der Waals surface area contributed by atoms with Crippen molar-refractivity contribution in [2.24, 2.45) is 0 Å². The molecule has 1 N–H and O–H groups in total. The summed E-state index contributed by atoms with van der Waals surface area (Å²) in [6.45, 7) is 3.24. The smallest absolute Gasteiger partial charge is 0.0727 e. The number of rotatable bonds is 4. The maximum atomic E-state index is 4.87. The van der Waals surface area contributed by atoms with Gasteiger partial charge in [0.2, 0.25) is 0 Å². The van der Waals surface area contributed by atoms with E-state index in [1.54, 1.807) is 0 Å². The molecular weight excluding hydrogens is 246 g/mol. The Hall–Kier alpha value is -1.77. The summed E-state index contributed by atoms with van der Waals surface area (Å²) in [5.74, 6) is 0. The molecule has 0 saturated heterocycles. The average molecular weight is 269 g/mol. The summed E-state index contributed by atoms with van der Waals surface area (Å²) in [5, 5.41) is 4.91. The van der Waals surface area contributed by atoms with Crippen molar-refractivity contribution >= 4 is 22.3 Å². The van der Waals surface area contributed by atoms with Gasteiger partial charge in [-0.1, -0.05) is 6.92 Å². The zero-order valence-corrected chi connectivity index (χ0v) is 12.7. The van der Waals surface area contributed by atoms with E-state index in [1.807, 2.05) is 0 Å². The van der Waals surface area contributed by atoms with Crippen LogP contribution in [0.1, 0.15) is 31.0 Å². The van der Waals surface area contributed by atoms with Crippen LogP contribution in [-0.4, -0.2) is 25.6 Å². The van der Waals surface area contributed by atoms with E-state index < -0.39 is 0 Å². The van der Waals surface area contributed by atoms with E-state index >= 15 is 0 Å². The SMILES string of the molecule is CCCNc1c2c(nc3ccc(N(C)C)cc13)CCC2. The zero-order chi connectivity index (χ0) is 14.1. The molecule has 1 aromatic carbocycles. The van der Waals surface area contributed by atoms with Crippen LogP contribution < -0.4 is 10.2 Å². The Balaban J connectivity index is 2.20. The molecule has 20 heavy (non-hydrogen) atoms. The summed E-state index contributed by atoms with van der Waals surface area (Å²) < 4.78 is 0. The summed E-state index contributed by atoms with van der Waals surface area (Å²) in [7, 11) is 4.17. The highest BCUT2D eigenvalue weighted by Gasteiger charge is 2.19. The van der Waals surface area contributed by atoms with Crippen molar-refractivity contribution < 1.29 is 0 Å². The maximum absolute atomic E-state index is 4.87. The number of nitrogens with zero attached hydrogens (tertiary/aromatic N) is 2. The number of hydrogen-bond donors (Lipinski definition) is 1. The molecular formula is C17H23N3. The molecule has 1 aliphatic carbocycles. The van der Waals surface area contributed by atoms with Gasteiger partial charge in [0.15, 0.2) is 0 Å². The lowest BCUT2D eigenvalue weighted by atomic mass is 10.1. The lowest BCUT2D eigenvalue weighted by Gasteiger charge is -2.17. The van der Waals surface area contributed by atoms with Gasteiger partial charge in [0, 0.05) is 43.1 Å². The molecule has 3 nitrogen and oxygen atoms in total. The predicted molar refractivity (Wildman–Crippen MR) is 86.9 cm³/mol. The van der Waals surface area contributed by atoms with Gasteiger partial charge < -0.3 is 10.2 Å². The normalized spacial score (nSPS) is 13.6. The minimum Gasteiger partial charge on any atom is -0.384 e. The van der Waals surface area contributed by atoms with E-state index in [-0.39, 0.29) is 0 Å². The molecule has 2 aromatic rings. The number of hydrogen-bond acceptors (Lipinski definition) is 3. The average Bonchev–Trinajstić information content (AvgIpc) is 2.90. The Bertz CT molecular complexity index is 632. The minimum atomic E-state index is 1.03. The monoisotopic (exact) mass is 269 g/mol. The summed E-state index contributed by atoms with van der Waals surface area (Å²) in [6.07, 6.45) is 4.67. The topological polar surface area (TPSA) is 28.2 Å². The fourth-order valence-corrected chi connectivity index (χ4v) is 2.98. The minimum absolute atomic E-state index is 1.03. The number of aromatic nitrogens is 1. The first kappa shape index (κ1) is 13.2. The molecule has 0 unspecified atom stereocenters. The second-order valence-electron chi connectivity index (χ2n) is 5.79. The molecule has 0 radical (unpaired) electrons. The molecule has 3 rings (SSSR count). The molecule has 106 valence electrons. The van der Waals surface area contributed by atoms with Crippen LogP contribution in [-0.2, 0) is 12.8 Å². The Kier molecular flexibility index (Phi) is 3.51. The predicted octanol–water partition coefficient (Wildman–Crippen LogP) is 3.61. The fraction of sp³-hybridized carbons (Fsp3) is 0.471. The van der Waals surface area contributed by atoms with E-state index in [2.05, 4.69) is 49.4 Å². The van der Waals surface area contributed by atoms with Crippen molar-refractivity contribution in [2.75, 3.05) is 30.9 Å². The summed E-state index contributed by atoms with van der Waals surface area (Å²) in [6, 6.07) is 6.57. The maximum Gasteiger partial charge on any atom is 0.0727 e. The molecule has 1 aromatic heterocycles. The van der Waals surface area contributed by atoms with Crippen LogP contribution in [0.2, 0.25) is 0 Å². The molecule has 0 aliphatic heterocycles. The lowest BCUT2D eigenvalue weighted by molar-refractivity contribution is 0.900. The van der Waals surface area contributed by atoms with Crippen LogP contribution in [0.4, 0.5) is 11.4 Å². The van der Waals surface area contributed by atoms with E-state index in [0.29, 0.717) is 0 Å². The van der Waals surface area contributed by atoms with Gasteiger partial charge in [0.05, 0.1) is 5.52 Å². The Morgan fingerprint density at radius 2 is 2.10 bits per heavy atom. The number of pyridine rings is 1. The van der Waals surface area contributed by atoms with E-state index in [1.165, 1.54) is 34.4 Å². The van der Waals surface area contributed by atoms with Gasteiger partial charge in [-0.3, -0.25) is 4.98 Å². The van der Waals surface area contributed by atoms with Gasteiger partial charge in [-0.05, 0) is 49.4 Å². The van der Waals surface area contributed by atoms with Crippen molar-refractivity contribution in [3.8, 4) is 0 Å². The molecule has 0 amide bonds. The van der Waals surface area contributed by atoms with Gasteiger partial charge in [-0.15, -0.1) is 0 Å². The number of aryl methyl sites for hydroxylation is 1. The third kappa shape index (κ3) is 2.21. The molecule has 0 fully saturated rings. The molecule has 0 saturated carbocycles. The van der Waals surface area contributed by atoms with Gasteiger partial charge in [0.1, 0.15) is 0 Å². The fourth-order valence-electron chi connectivity index (χ4n) is 2.98. The Labute approximate surface area is 121 Å². The first-order valence-corrected chi connectivity index (χ1v) is 7.57. The zero-order valence-electron chi connectivity index (χ0n) is 12.7. The Morgan fingerprint density at radius 3 is 2.85 bits per heavy atom. The number of anilines is 2. The summed E-state index contributed by atoms with van der Waals surface area (Å²) in [4.78, 5) is 7.02.